The Kier molecular flexibility index (Phi) is 29.4. The standard InChI is InChI=1S/C24H46O3.C7H17NO4P/c1-2-3-4-5-6-7-8-9-10-11-12-13-14-15-16-17-18-19-20-21-23(26)24(27)22-25;1-6(13(11)12)8(2,3)5-4-7(9)10/h12-13,24-25,27H,2-11,14-22H2,1H3;6-7,9-10H,4-5H2,1-3H3/q;+1. The van der Waals surface area contributed by atoms with Crippen LogP contribution in [0.25, 0.3) is 0 Å². The second kappa shape index (κ2) is 28.4. The number of aliphatic hydroxyl groups is 4. The minimum atomic E-state index is -2.47. The van der Waals surface area contributed by atoms with E-state index >= 15 is 0 Å². The topological polar surface area (TPSA) is 138 Å². The van der Waals surface area contributed by atoms with Gasteiger partial charge in [-0.3, -0.25) is 9.28 Å². The third-order valence-electron chi connectivity index (χ3n) is 7.51. The molecule has 0 aliphatic carbocycles. The second-order valence-electron chi connectivity index (χ2n) is 11.6. The molecule has 8 nitrogen and oxygen atoms in total. The number of Topliss-reactive ketones (excluding diaryl/α,β-unsaturated/α-hetero) is 1. The van der Waals surface area contributed by atoms with Gasteiger partial charge in [-0.05, 0) is 32.1 Å². The Morgan fingerprint density at radius 1 is 0.800 bits per heavy atom. The highest BCUT2D eigenvalue weighted by atomic mass is 31.1. The maximum Gasteiger partial charge on any atom is 0.372 e. The van der Waals surface area contributed by atoms with Gasteiger partial charge < -0.3 is 25.3 Å². The molecule has 4 N–H and O–H groups in total. The molecule has 0 heterocycles. The molecule has 0 aromatic heterocycles. The Bertz CT molecular complexity index is 629. The van der Waals surface area contributed by atoms with Crippen LogP contribution < -0.4 is 4.89 Å². The molecule has 0 radical (unpaired) electrons. The highest BCUT2D eigenvalue weighted by Gasteiger charge is 2.33. The first kappa shape index (κ1) is 41.4. The van der Waals surface area contributed by atoms with Crippen LogP contribution in [-0.2, 0) is 9.36 Å². The molecule has 3 atom stereocenters. The van der Waals surface area contributed by atoms with Crippen molar-refractivity contribution in [3.63, 3.8) is 0 Å². The third-order valence-corrected chi connectivity index (χ3v) is 8.75. The van der Waals surface area contributed by atoms with Crippen molar-refractivity contribution in [2.75, 3.05) is 27.2 Å². The lowest BCUT2D eigenvalue weighted by Crippen LogP contribution is -2.48. The second-order valence-corrected chi connectivity index (χ2v) is 12.9. The van der Waals surface area contributed by atoms with Crippen molar-refractivity contribution < 1.29 is 39.2 Å². The molecule has 0 spiro atoms. The lowest BCUT2D eigenvalue weighted by Gasteiger charge is -2.30. The molecule has 3 unspecified atom stereocenters. The molecule has 0 fully saturated rings. The zero-order valence-corrected chi connectivity index (χ0v) is 27.0. The summed E-state index contributed by atoms with van der Waals surface area (Å²) in [5.41, 5.74) is 0. The number of carbonyl (C=O) groups excluding carboxylic acids is 1. The van der Waals surface area contributed by atoms with E-state index in [1.54, 1.807) is 21.0 Å². The Morgan fingerprint density at radius 3 is 1.62 bits per heavy atom. The van der Waals surface area contributed by atoms with E-state index in [0.29, 0.717) is 13.0 Å². The monoisotopic (exact) mass is 592 g/mol. The van der Waals surface area contributed by atoms with Crippen LogP contribution in [0.5, 0.6) is 0 Å². The first-order valence-electron chi connectivity index (χ1n) is 15.8. The SMILES string of the molecule is CC([P+](=O)[O-])[N+](C)(C)CCC(O)O.CCCCCCCCCCCC=CCCCCCCCCC(=O)C(O)CO. The van der Waals surface area contributed by atoms with Gasteiger partial charge in [0.2, 0.25) is 0 Å². The Hall–Kier alpha value is -0.730. The molecule has 0 saturated heterocycles. The molecule has 0 aliphatic rings. The fourth-order valence-corrected chi connectivity index (χ4v) is 4.86. The van der Waals surface area contributed by atoms with Crippen LogP contribution in [0.2, 0.25) is 0 Å². The van der Waals surface area contributed by atoms with E-state index in [2.05, 4.69) is 19.1 Å². The van der Waals surface area contributed by atoms with Crippen LogP contribution >= 0.6 is 8.03 Å². The van der Waals surface area contributed by atoms with Crippen molar-refractivity contribution in [3.05, 3.63) is 12.2 Å². The highest BCUT2D eigenvalue weighted by Crippen LogP contribution is 2.25. The smallest absolute Gasteiger partial charge is 0.372 e. The number of ketones is 1. The van der Waals surface area contributed by atoms with Gasteiger partial charge >= 0.3 is 8.03 Å². The van der Waals surface area contributed by atoms with E-state index in [-0.39, 0.29) is 16.7 Å². The highest BCUT2D eigenvalue weighted by molar-refractivity contribution is 7.37. The van der Waals surface area contributed by atoms with Crippen LogP contribution in [-0.4, -0.2) is 76.1 Å². The summed E-state index contributed by atoms with van der Waals surface area (Å²) in [5.74, 6) is -0.733. The normalized spacial score (nSPS) is 13.8. The number of quaternary nitrogens is 1. The van der Waals surface area contributed by atoms with Gasteiger partial charge in [0.25, 0.3) is 5.78 Å². The molecule has 0 saturated carbocycles. The number of hydrogen-bond acceptors (Lipinski definition) is 7. The molecule has 9 heteroatoms. The predicted molar refractivity (Wildman–Crippen MR) is 163 cm³/mol. The van der Waals surface area contributed by atoms with E-state index in [9.17, 15) is 19.4 Å². The van der Waals surface area contributed by atoms with Crippen molar-refractivity contribution in [1.29, 1.82) is 0 Å². The van der Waals surface area contributed by atoms with Gasteiger partial charge in [-0.25, -0.2) is 0 Å². The van der Waals surface area contributed by atoms with E-state index in [0.717, 1.165) is 19.3 Å². The predicted octanol–water partition coefficient (Wildman–Crippen LogP) is 5.72. The number of nitrogens with zero attached hydrogens (tertiary/aromatic N) is 1. The molecule has 0 aromatic carbocycles. The fraction of sp³-hybridized carbons (Fsp3) is 0.903. The van der Waals surface area contributed by atoms with Gasteiger partial charge in [-0.1, -0.05) is 101 Å². The largest absolute Gasteiger partial charge is 0.591 e. The summed E-state index contributed by atoms with van der Waals surface area (Å²) in [7, 11) is 1.02. The number of aliphatic hydroxyl groups excluding tert-OH is 3. The maximum atomic E-state index is 11.3. The van der Waals surface area contributed by atoms with Crippen LogP contribution in [0.3, 0.4) is 0 Å². The van der Waals surface area contributed by atoms with Crippen molar-refractivity contribution in [2.45, 2.75) is 154 Å². The minimum absolute atomic E-state index is 0.181. The number of carbonyl (C=O) groups is 1. The van der Waals surface area contributed by atoms with E-state index in [1.165, 1.54) is 89.9 Å². The maximum absolute atomic E-state index is 11.3. The Balaban J connectivity index is 0. The quantitative estimate of drug-likeness (QED) is 0.0331. The van der Waals surface area contributed by atoms with Gasteiger partial charge in [0.05, 0.1) is 27.2 Å². The molecule has 0 aromatic rings. The number of allylic oxidation sites excluding steroid dienone is 2. The summed E-state index contributed by atoms with van der Waals surface area (Å²) < 4.78 is 10.9. The number of unbranched alkanes of at least 4 members (excludes halogenated alkanes) is 15. The van der Waals surface area contributed by atoms with Gasteiger partial charge in [-0.2, -0.15) is 0 Å². The van der Waals surface area contributed by atoms with Crippen LogP contribution in [0, 0.1) is 0 Å². The molecule has 238 valence electrons. The Morgan fingerprint density at radius 2 is 1.23 bits per heavy atom. The first-order chi connectivity index (χ1) is 19.0. The van der Waals surface area contributed by atoms with Crippen LogP contribution in [0.15, 0.2) is 12.2 Å². The molecular weight excluding hydrogens is 529 g/mol. The van der Waals surface area contributed by atoms with Gasteiger partial charge in [-0.15, -0.1) is 0 Å². The zero-order chi connectivity index (χ0) is 30.7. The average Bonchev–Trinajstić information content (AvgIpc) is 2.92. The Labute approximate surface area is 246 Å². The third kappa shape index (κ3) is 27.4. The molecule has 0 bridgehead atoms. The van der Waals surface area contributed by atoms with Crippen LogP contribution in [0.1, 0.15) is 136 Å². The summed E-state index contributed by atoms with van der Waals surface area (Å²) in [4.78, 5) is 22.0. The summed E-state index contributed by atoms with van der Waals surface area (Å²) in [6.07, 6.45) is 24.5. The van der Waals surface area contributed by atoms with E-state index in [4.69, 9.17) is 15.3 Å². The fourth-order valence-electron chi connectivity index (χ4n) is 4.24. The lowest BCUT2D eigenvalue weighted by molar-refractivity contribution is -0.901. The van der Waals surface area contributed by atoms with Crippen molar-refractivity contribution in [1.82, 2.24) is 0 Å². The summed E-state index contributed by atoms with van der Waals surface area (Å²) in [6, 6.07) is 0. The van der Waals surface area contributed by atoms with Gasteiger partial charge in [0, 0.05) is 19.8 Å². The summed E-state index contributed by atoms with van der Waals surface area (Å²) >= 11 is 0. The van der Waals surface area contributed by atoms with Gasteiger partial charge in [0.15, 0.2) is 12.1 Å². The first-order valence-corrected chi connectivity index (χ1v) is 17.0. The molecule has 0 rings (SSSR count). The minimum Gasteiger partial charge on any atom is -0.591 e. The van der Waals surface area contributed by atoms with E-state index < -0.39 is 32.8 Å². The molecule has 0 aliphatic heterocycles. The van der Waals surface area contributed by atoms with E-state index in [1.807, 2.05) is 0 Å². The van der Waals surface area contributed by atoms with Crippen molar-refractivity contribution in [2.24, 2.45) is 0 Å². The number of rotatable bonds is 26. The molecule has 40 heavy (non-hydrogen) atoms. The van der Waals surface area contributed by atoms with Crippen LogP contribution in [0.4, 0.5) is 0 Å². The summed E-state index contributed by atoms with van der Waals surface area (Å²) in [6.45, 7) is 3.85. The molecular formula is C31H63NO7P+. The van der Waals surface area contributed by atoms with Crippen molar-refractivity contribution in [3.8, 4) is 0 Å². The summed E-state index contributed by atoms with van der Waals surface area (Å²) in [5, 5.41) is 35.1. The average molecular weight is 593 g/mol. The van der Waals surface area contributed by atoms with Gasteiger partial charge in [0.1, 0.15) is 6.10 Å². The van der Waals surface area contributed by atoms with Crippen molar-refractivity contribution >= 4 is 13.8 Å². The molecule has 0 amide bonds. The zero-order valence-electron chi connectivity index (χ0n) is 26.1. The lowest BCUT2D eigenvalue weighted by atomic mass is 10.0. The number of hydrogen-bond donors (Lipinski definition) is 4.